The summed E-state index contributed by atoms with van der Waals surface area (Å²) in [5.74, 6) is -0.232. The smallest absolute Gasteiger partial charge is 0.255 e. The lowest BCUT2D eigenvalue weighted by Gasteiger charge is -2.18. The molecule has 0 aliphatic rings. The van der Waals surface area contributed by atoms with E-state index in [2.05, 4.69) is 21.2 Å². The maximum Gasteiger partial charge on any atom is 0.255 e. The van der Waals surface area contributed by atoms with Crippen molar-refractivity contribution in [2.45, 2.75) is 6.92 Å². The molecule has 2 aromatic rings. The van der Waals surface area contributed by atoms with E-state index in [0.29, 0.717) is 16.9 Å². The van der Waals surface area contributed by atoms with Gasteiger partial charge in [0.05, 0.1) is 11.4 Å². The maximum atomic E-state index is 12.2. The molecule has 0 bridgehead atoms. The van der Waals surface area contributed by atoms with Crippen LogP contribution in [0.15, 0.2) is 53.0 Å². The van der Waals surface area contributed by atoms with Crippen molar-refractivity contribution in [1.29, 1.82) is 0 Å². The minimum Gasteiger partial charge on any atom is -0.322 e. The Morgan fingerprint density at radius 1 is 1.17 bits per heavy atom. The summed E-state index contributed by atoms with van der Waals surface area (Å²) in [6.45, 7) is 1.59. The van der Waals surface area contributed by atoms with Crippen LogP contribution in [0.4, 0.5) is 11.4 Å². The zero-order valence-electron chi connectivity index (χ0n) is 12.8. The number of anilines is 2. The van der Waals surface area contributed by atoms with Crippen LogP contribution in [-0.4, -0.2) is 27.1 Å². The summed E-state index contributed by atoms with van der Waals surface area (Å²) in [4.78, 5) is 12.2. The summed E-state index contributed by atoms with van der Waals surface area (Å²) in [7, 11) is -1.81. The normalized spacial score (nSPS) is 11.1. The Hall–Kier alpha value is -1.86. The van der Waals surface area contributed by atoms with Crippen molar-refractivity contribution in [2.24, 2.45) is 0 Å². The van der Waals surface area contributed by atoms with Crippen molar-refractivity contribution in [1.82, 2.24) is 0 Å². The first-order valence-corrected chi connectivity index (χ1v) is 9.37. The standard InChI is InChI=1S/C16H17BrN2O3S/c1-3-23(21,22)19(2)15-9-7-12(8-10-15)16(20)18-14-6-4-5-13(17)11-14/h4-11H,3H2,1-2H3,(H,18,20). The van der Waals surface area contributed by atoms with Gasteiger partial charge in [-0.25, -0.2) is 8.42 Å². The fraction of sp³-hybridized carbons (Fsp3) is 0.188. The van der Waals surface area contributed by atoms with Crippen LogP contribution in [0.3, 0.4) is 0 Å². The van der Waals surface area contributed by atoms with Crippen LogP contribution in [0.5, 0.6) is 0 Å². The lowest BCUT2D eigenvalue weighted by atomic mass is 10.2. The minimum atomic E-state index is -3.31. The number of halogens is 1. The summed E-state index contributed by atoms with van der Waals surface area (Å²) in [5.41, 5.74) is 1.65. The molecule has 1 N–H and O–H groups in total. The van der Waals surface area contributed by atoms with Gasteiger partial charge in [0.25, 0.3) is 5.91 Å². The van der Waals surface area contributed by atoms with E-state index in [0.717, 1.165) is 4.47 Å². The monoisotopic (exact) mass is 396 g/mol. The van der Waals surface area contributed by atoms with Crippen molar-refractivity contribution in [2.75, 3.05) is 22.4 Å². The van der Waals surface area contributed by atoms with Gasteiger partial charge in [0.2, 0.25) is 10.0 Å². The van der Waals surface area contributed by atoms with Crippen LogP contribution in [0, 0.1) is 0 Å². The SMILES string of the molecule is CCS(=O)(=O)N(C)c1ccc(C(=O)Nc2cccc(Br)c2)cc1. The number of carbonyl (C=O) groups excluding carboxylic acids is 1. The quantitative estimate of drug-likeness (QED) is 0.840. The number of sulfonamides is 1. The van der Waals surface area contributed by atoms with Gasteiger partial charge < -0.3 is 5.32 Å². The van der Waals surface area contributed by atoms with E-state index in [-0.39, 0.29) is 11.7 Å². The van der Waals surface area contributed by atoms with Crippen molar-refractivity contribution < 1.29 is 13.2 Å². The van der Waals surface area contributed by atoms with Gasteiger partial charge in [0.15, 0.2) is 0 Å². The molecule has 0 saturated carbocycles. The molecule has 0 fully saturated rings. The molecule has 0 atom stereocenters. The Balaban J connectivity index is 2.14. The van der Waals surface area contributed by atoms with Crippen LogP contribution >= 0.6 is 15.9 Å². The van der Waals surface area contributed by atoms with Gasteiger partial charge in [-0.05, 0) is 49.4 Å². The summed E-state index contributed by atoms with van der Waals surface area (Å²) in [6, 6.07) is 13.7. The molecule has 0 radical (unpaired) electrons. The van der Waals surface area contributed by atoms with E-state index in [1.807, 2.05) is 12.1 Å². The van der Waals surface area contributed by atoms with Crippen molar-refractivity contribution in [3.8, 4) is 0 Å². The summed E-state index contributed by atoms with van der Waals surface area (Å²) in [5, 5.41) is 2.79. The first-order valence-electron chi connectivity index (χ1n) is 6.97. The van der Waals surface area contributed by atoms with Gasteiger partial charge in [-0.3, -0.25) is 9.10 Å². The fourth-order valence-electron chi connectivity index (χ4n) is 1.95. The number of nitrogens with one attached hydrogen (secondary N) is 1. The molecule has 2 aromatic carbocycles. The lowest BCUT2D eigenvalue weighted by Crippen LogP contribution is -2.28. The molecule has 122 valence electrons. The van der Waals surface area contributed by atoms with Gasteiger partial charge in [0.1, 0.15) is 0 Å². The van der Waals surface area contributed by atoms with E-state index in [1.54, 1.807) is 43.3 Å². The van der Waals surface area contributed by atoms with Crippen molar-refractivity contribution >= 4 is 43.2 Å². The number of hydrogen-bond donors (Lipinski definition) is 1. The average molecular weight is 397 g/mol. The van der Waals surface area contributed by atoms with Crippen molar-refractivity contribution in [3.05, 3.63) is 58.6 Å². The maximum absolute atomic E-state index is 12.2. The molecular formula is C16H17BrN2O3S. The Morgan fingerprint density at radius 3 is 2.39 bits per heavy atom. The Labute approximate surface area is 144 Å². The number of nitrogens with zero attached hydrogens (tertiary/aromatic N) is 1. The number of rotatable bonds is 5. The number of benzene rings is 2. The highest BCUT2D eigenvalue weighted by atomic mass is 79.9. The first-order chi connectivity index (χ1) is 10.8. The molecule has 0 aliphatic carbocycles. The van der Waals surface area contributed by atoms with Gasteiger partial charge in [-0.15, -0.1) is 0 Å². The summed E-state index contributed by atoms with van der Waals surface area (Å²) in [6.07, 6.45) is 0. The molecule has 0 aliphatic heterocycles. The molecule has 0 saturated heterocycles. The molecule has 7 heteroatoms. The van der Waals surface area contributed by atoms with Gasteiger partial charge in [-0.2, -0.15) is 0 Å². The average Bonchev–Trinajstić information content (AvgIpc) is 2.54. The Morgan fingerprint density at radius 2 is 1.83 bits per heavy atom. The van der Waals surface area contributed by atoms with E-state index >= 15 is 0 Å². The highest BCUT2D eigenvalue weighted by Gasteiger charge is 2.16. The number of hydrogen-bond acceptors (Lipinski definition) is 3. The fourth-order valence-corrected chi connectivity index (χ4v) is 3.18. The topological polar surface area (TPSA) is 66.5 Å². The third-order valence-corrected chi connectivity index (χ3v) is 5.63. The van der Waals surface area contributed by atoms with E-state index in [1.165, 1.54) is 11.4 Å². The lowest BCUT2D eigenvalue weighted by molar-refractivity contribution is 0.102. The zero-order chi connectivity index (χ0) is 17.0. The second-order valence-electron chi connectivity index (χ2n) is 4.88. The second kappa shape index (κ2) is 7.14. The molecular weight excluding hydrogens is 380 g/mol. The number of carbonyl (C=O) groups is 1. The molecule has 0 unspecified atom stereocenters. The molecule has 1 amide bonds. The predicted octanol–water partition coefficient (Wildman–Crippen LogP) is 3.49. The predicted molar refractivity (Wildman–Crippen MR) is 96.4 cm³/mol. The van der Waals surface area contributed by atoms with Crippen LogP contribution in [-0.2, 0) is 10.0 Å². The van der Waals surface area contributed by atoms with Crippen molar-refractivity contribution in [3.63, 3.8) is 0 Å². The molecule has 0 heterocycles. The number of amides is 1. The third kappa shape index (κ3) is 4.33. The third-order valence-electron chi connectivity index (χ3n) is 3.36. The summed E-state index contributed by atoms with van der Waals surface area (Å²) >= 11 is 3.35. The molecule has 23 heavy (non-hydrogen) atoms. The van der Waals surface area contributed by atoms with E-state index in [9.17, 15) is 13.2 Å². The molecule has 0 spiro atoms. The highest BCUT2D eigenvalue weighted by Crippen LogP contribution is 2.19. The van der Waals surface area contributed by atoms with Crippen LogP contribution in [0.2, 0.25) is 0 Å². The van der Waals surface area contributed by atoms with E-state index < -0.39 is 10.0 Å². The van der Waals surface area contributed by atoms with Crippen LogP contribution < -0.4 is 9.62 Å². The Bertz CT molecular complexity index is 804. The second-order valence-corrected chi connectivity index (χ2v) is 8.08. The molecule has 2 rings (SSSR count). The Kier molecular flexibility index (Phi) is 5.43. The largest absolute Gasteiger partial charge is 0.322 e. The van der Waals surface area contributed by atoms with E-state index in [4.69, 9.17) is 0 Å². The summed E-state index contributed by atoms with van der Waals surface area (Å²) < 4.78 is 25.8. The van der Waals surface area contributed by atoms with Crippen LogP contribution in [0.25, 0.3) is 0 Å². The first kappa shape index (κ1) is 17.5. The molecule has 5 nitrogen and oxygen atoms in total. The van der Waals surface area contributed by atoms with Gasteiger partial charge in [-0.1, -0.05) is 22.0 Å². The van der Waals surface area contributed by atoms with Crippen LogP contribution in [0.1, 0.15) is 17.3 Å². The van der Waals surface area contributed by atoms with Gasteiger partial charge >= 0.3 is 0 Å². The molecule has 0 aromatic heterocycles. The highest BCUT2D eigenvalue weighted by molar-refractivity contribution is 9.10. The minimum absolute atomic E-state index is 0.0224. The van der Waals surface area contributed by atoms with Gasteiger partial charge in [0, 0.05) is 22.8 Å². The zero-order valence-corrected chi connectivity index (χ0v) is 15.2.